The summed E-state index contributed by atoms with van der Waals surface area (Å²) in [6.07, 6.45) is 1.94. The third-order valence-electron chi connectivity index (χ3n) is 2.60. The number of halogens is 1. The van der Waals surface area contributed by atoms with Gasteiger partial charge in [-0.3, -0.25) is 4.68 Å². The molecule has 2 heterocycles. The van der Waals surface area contributed by atoms with E-state index in [1.807, 2.05) is 20.2 Å². The van der Waals surface area contributed by atoms with Crippen LogP contribution in [0.3, 0.4) is 0 Å². The first-order valence-electron chi connectivity index (χ1n) is 5.83. The Labute approximate surface area is 112 Å². The summed E-state index contributed by atoms with van der Waals surface area (Å²) in [7, 11) is 1.90. The van der Waals surface area contributed by atoms with Crippen molar-refractivity contribution in [2.24, 2.45) is 7.05 Å². The third-order valence-corrected chi connectivity index (χ3v) is 2.80. The van der Waals surface area contributed by atoms with E-state index < -0.39 is 0 Å². The van der Waals surface area contributed by atoms with Gasteiger partial charge in [0.05, 0.1) is 11.3 Å². The van der Waals surface area contributed by atoms with Gasteiger partial charge < -0.3 is 0 Å². The number of aryl methyl sites for hydroxylation is 2. The van der Waals surface area contributed by atoms with Gasteiger partial charge in [-0.2, -0.15) is 5.10 Å². The molecule has 18 heavy (non-hydrogen) atoms. The van der Waals surface area contributed by atoms with Crippen LogP contribution in [0.1, 0.15) is 32.2 Å². The molecule has 0 spiro atoms. The lowest BCUT2D eigenvalue weighted by atomic mass is 9.89. The molecule has 0 fully saturated rings. The lowest BCUT2D eigenvalue weighted by Gasteiger charge is -2.17. The first-order chi connectivity index (χ1) is 8.27. The van der Waals surface area contributed by atoms with E-state index in [1.165, 1.54) is 0 Å². The van der Waals surface area contributed by atoms with E-state index in [0.717, 1.165) is 17.0 Å². The van der Waals surface area contributed by atoms with Gasteiger partial charge in [-0.05, 0) is 13.0 Å². The predicted molar refractivity (Wildman–Crippen MR) is 72.7 cm³/mol. The molecule has 0 aliphatic rings. The molecule has 2 aromatic heterocycles. The molecule has 2 aromatic rings. The van der Waals surface area contributed by atoms with E-state index in [1.54, 1.807) is 10.7 Å². The van der Waals surface area contributed by atoms with Gasteiger partial charge in [0.2, 0.25) is 0 Å². The summed E-state index contributed by atoms with van der Waals surface area (Å²) in [5.74, 6) is 0.637. The molecule has 4 nitrogen and oxygen atoms in total. The van der Waals surface area contributed by atoms with Crippen molar-refractivity contribution in [1.82, 2.24) is 19.7 Å². The zero-order valence-corrected chi connectivity index (χ0v) is 12.1. The molecule has 0 bridgehead atoms. The molecule has 96 valence electrons. The van der Waals surface area contributed by atoms with Gasteiger partial charge in [-0.1, -0.05) is 32.4 Å². The van der Waals surface area contributed by atoms with E-state index in [9.17, 15) is 0 Å². The minimum absolute atomic E-state index is 0.0593. The second kappa shape index (κ2) is 4.35. The van der Waals surface area contributed by atoms with Crippen molar-refractivity contribution in [3.63, 3.8) is 0 Å². The summed E-state index contributed by atoms with van der Waals surface area (Å²) in [6.45, 7) is 8.27. The molecule has 0 aliphatic carbocycles. The maximum absolute atomic E-state index is 6.00. The number of hydrogen-bond acceptors (Lipinski definition) is 3. The van der Waals surface area contributed by atoms with Crippen LogP contribution in [0.2, 0.25) is 5.15 Å². The highest BCUT2D eigenvalue weighted by atomic mass is 35.5. The zero-order valence-electron chi connectivity index (χ0n) is 11.3. The van der Waals surface area contributed by atoms with Gasteiger partial charge in [0.15, 0.2) is 5.82 Å². The molecule has 5 heteroatoms. The second-order valence-corrected chi connectivity index (χ2v) is 5.86. The minimum atomic E-state index is -0.0593. The summed E-state index contributed by atoms with van der Waals surface area (Å²) in [6, 6.07) is 1.75. The molecule has 0 saturated heterocycles. The summed E-state index contributed by atoms with van der Waals surface area (Å²) in [5.41, 5.74) is 2.71. The Bertz CT molecular complexity index is 561. The predicted octanol–water partition coefficient (Wildman–Crippen LogP) is 3.14. The SMILES string of the molecule is Cc1cc(Cl)nc(-c2cn(C)nc2C(C)(C)C)n1. The lowest BCUT2D eigenvalue weighted by Crippen LogP contribution is -2.14. The number of aromatic nitrogens is 4. The summed E-state index contributed by atoms with van der Waals surface area (Å²) in [5, 5.41) is 4.97. The molecule has 0 aromatic carbocycles. The number of nitrogens with zero attached hydrogens (tertiary/aromatic N) is 4. The Morgan fingerprint density at radius 1 is 1.22 bits per heavy atom. The quantitative estimate of drug-likeness (QED) is 0.743. The Morgan fingerprint density at radius 2 is 1.89 bits per heavy atom. The molecule has 0 radical (unpaired) electrons. The normalized spacial score (nSPS) is 11.9. The highest BCUT2D eigenvalue weighted by Crippen LogP contribution is 2.30. The summed E-state index contributed by atoms with van der Waals surface area (Å²) < 4.78 is 1.79. The molecular weight excluding hydrogens is 248 g/mol. The topological polar surface area (TPSA) is 43.6 Å². The van der Waals surface area contributed by atoms with Crippen LogP contribution in [0.15, 0.2) is 12.3 Å². The van der Waals surface area contributed by atoms with Crippen LogP contribution in [0.5, 0.6) is 0 Å². The highest BCUT2D eigenvalue weighted by molar-refractivity contribution is 6.29. The smallest absolute Gasteiger partial charge is 0.164 e. The molecule has 2 rings (SSSR count). The highest BCUT2D eigenvalue weighted by Gasteiger charge is 2.24. The van der Waals surface area contributed by atoms with E-state index in [-0.39, 0.29) is 5.41 Å². The standard InChI is InChI=1S/C13H17ClN4/c1-8-6-10(14)16-12(15-8)9-7-18(5)17-11(9)13(2,3)4/h6-7H,1-5H3. The van der Waals surface area contributed by atoms with Crippen molar-refractivity contribution in [2.75, 3.05) is 0 Å². The first kappa shape index (κ1) is 13.0. The van der Waals surface area contributed by atoms with Crippen molar-refractivity contribution in [1.29, 1.82) is 0 Å². The number of rotatable bonds is 1. The Kier molecular flexibility index (Phi) is 3.15. The molecule has 0 saturated carbocycles. The van der Waals surface area contributed by atoms with Gasteiger partial charge in [0, 0.05) is 24.4 Å². The van der Waals surface area contributed by atoms with Crippen LogP contribution in [0.25, 0.3) is 11.4 Å². The maximum Gasteiger partial charge on any atom is 0.164 e. The monoisotopic (exact) mass is 264 g/mol. The average Bonchev–Trinajstić information content (AvgIpc) is 2.58. The molecule has 0 amide bonds. The fourth-order valence-corrected chi connectivity index (χ4v) is 2.09. The van der Waals surface area contributed by atoms with Crippen LogP contribution in [-0.4, -0.2) is 19.7 Å². The maximum atomic E-state index is 6.00. The van der Waals surface area contributed by atoms with E-state index >= 15 is 0 Å². The lowest BCUT2D eigenvalue weighted by molar-refractivity contribution is 0.554. The van der Waals surface area contributed by atoms with Crippen LogP contribution in [0.4, 0.5) is 0 Å². The second-order valence-electron chi connectivity index (χ2n) is 5.47. The largest absolute Gasteiger partial charge is 0.275 e. The minimum Gasteiger partial charge on any atom is -0.275 e. The van der Waals surface area contributed by atoms with Crippen molar-refractivity contribution in [2.45, 2.75) is 33.1 Å². The molecule has 0 N–H and O–H groups in total. The van der Waals surface area contributed by atoms with Gasteiger partial charge in [0.25, 0.3) is 0 Å². The van der Waals surface area contributed by atoms with Crippen molar-refractivity contribution in [3.8, 4) is 11.4 Å². The first-order valence-corrected chi connectivity index (χ1v) is 6.21. The average molecular weight is 265 g/mol. The van der Waals surface area contributed by atoms with Crippen LogP contribution in [-0.2, 0) is 12.5 Å². The Hall–Kier alpha value is -1.42. The van der Waals surface area contributed by atoms with Gasteiger partial charge in [0.1, 0.15) is 5.15 Å². The van der Waals surface area contributed by atoms with E-state index in [4.69, 9.17) is 11.6 Å². The molecule has 0 atom stereocenters. The third kappa shape index (κ3) is 2.53. The Morgan fingerprint density at radius 3 is 2.44 bits per heavy atom. The fourth-order valence-electron chi connectivity index (χ4n) is 1.86. The van der Waals surface area contributed by atoms with Crippen LogP contribution < -0.4 is 0 Å². The van der Waals surface area contributed by atoms with E-state index in [2.05, 4.69) is 35.8 Å². The Balaban J connectivity index is 2.63. The fraction of sp³-hybridized carbons (Fsp3) is 0.462. The van der Waals surface area contributed by atoms with Crippen molar-refractivity contribution in [3.05, 3.63) is 28.8 Å². The van der Waals surface area contributed by atoms with E-state index in [0.29, 0.717) is 11.0 Å². The molecule has 0 aliphatic heterocycles. The summed E-state index contributed by atoms with van der Waals surface area (Å²) in [4.78, 5) is 8.74. The zero-order chi connectivity index (χ0) is 13.5. The van der Waals surface area contributed by atoms with Gasteiger partial charge in [-0.25, -0.2) is 9.97 Å². The van der Waals surface area contributed by atoms with Crippen LogP contribution in [0, 0.1) is 6.92 Å². The molecule has 0 unspecified atom stereocenters. The van der Waals surface area contributed by atoms with Crippen molar-refractivity contribution < 1.29 is 0 Å². The van der Waals surface area contributed by atoms with Crippen molar-refractivity contribution >= 4 is 11.6 Å². The number of hydrogen-bond donors (Lipinski definition) is 0. The van der Waals surface area contributed by atoms with Crippen LogP contribution >= 0.6 is 11.6 Å². The van der Waals surface area contributed by atoms with Gasteiger partial charge in [-0.15, -0.1) is 0 Å². The summed E-state index contributed by atoms with van der Waals surface area (Å²) >= 11 is 6.00. The molecular formula is C13H17ClN4. The van der Waals surface area contributed by atoms with Gasteiger partial charge >= 0.3 is 0 Å².